The second-order valence-corrected chi connectivity index (χ2v) is 6.87. The lowest BCUT2D eigenvalue weighted by molar-refractivity contribution is 0.108. The lowest BCUT2D eigenvalue weighted by Crippen LogP contribution is -2.35. The number of nitrogens with zero attached hydrogens (tertiary/aromatic N) is 2. The molecule has 0 aliphatic carbocycles. The van der Waals surface area contributed by atoms with E-state index in [0.29, 0.717) is 0 Å². The van der Waals surface area contributed by atoms with Crippen molar-refractivity contribution in [3.63, 3.8) is 0 Å². The fourth-order valence-electron chi connectivity index (χ4n) is 1.46. The minimum atomic E-state index is -0.409. The normalized spacial score (nSPS) is 15.1. The average Bonchev–Trinajstić information content (AvgIpc) is 2.12. The molecule has 90 valence electrons. The van der Waals surface area contributed by atoms with Crippen molar-refractivity contribution in [1.82, 2.24) is 0 Å². The van der Waals surface area contributed by atoms with Crippen molar-refractivity contribution in [2.75, 3.05) is 0 Å². The zero-order chi connectivity index (χ0) is 13.2. The first-order valence-electron chi connectivity index (χ1n) is 5.79. The summed E-state index contributed by atoms with van der Waals surface area (Å²) < 4.78 is 0. The number of hydrogen-bond donors (Lipinski definition) is 0. The van der Waals surface area contributed by atoms with Crippen LogP contribution in [0.3, 0.4) is 0 Å². The standard InChI is InChI=1S/C14H24N2/c1-12(2,3)11(9-15)8-13(4,5)14(6,7)10-16/h11H,8H2,1-7H3. The Hall–Kier alpha value is -1.02. The van der Waals surface area contributed by atoms with E-state index in [1.54, 1.807) is 0 Å². The van der Waals surface area contributed by atoms with Crippen LogP contribution in [0.2, 0.25) is 0 Å². The highest BCUT2D eigenvalue weighted by atomic mass is 14.5. The minimum absolute atomic E-state index is 0.0184. The summed E-state index contributed by atoms with van der Waals surface area (Å²) >= 11 is 0. The van der Waals surface area contributed by atoms with Gasteiger partial charge in [0, 0.05) is 0 Å². The minimum Gasteiger partial charge on any atom is -0.198 e. The van der Waals surface area contributed by atoms with Crippen molar-refractivity contribution in [3.05, 3.63) is 0 Å². The van der Waals surface area contributed by atoms with Gasteiger partial charge in [0.2, 0.25) is 0 Å². The monoisotopic (exact) mass is 220 g/mol. The summed E-state index contributed by atoms with van der Waals surface area (Å²) in [6.45, 7) is 14.3. The first-order valence-corrected chi connectivity index (χ1v) is 5.79. The maximum absolute atomic E-state index is 9.23. The highest BCUT2D eigenvalue weighted by Crippen LogP contribution is 2.45. The molecule has 0 aromatic heterocycles. The Bertz CT molecular complexity index is 318. The highest BCUT2D eigenvalue weighted by molar-refractivity contribution is 5.05. The quantitative estimate of drug-likeness (QED) is 0.717. The largest absolute Gasteiger partial charge is 0.198 e. The van der Waals surface area contributed by atoms with E-state index in [9.17, 15) is 10.5 Å². The van der Waals surface area contributed by atoms with Gasteiger partial charge in [-0.15, -0.1) is 0 Å². The number of hydrogen-bond acceptors (Lipinski definition) is 2. The van der Waals surface area contributed by atoms with Gasteiger partial charge in [-0.1, -0.05) is 34.6 Å². The second-order valence-electron chi connectivity index (χ2n) is 6.87. The van der Waals surface area contributed by atoms with E-state index in [-0.39, 0.29) is 16.7 Å². The van der Waals surface area contributed by atoms with E-state index in [1.807, 2.05) is 13.8 Å². The molecule has 0 aliphatic heterocycles. The predicted molar refractivity (Wildman–Crippen MR) is 66.4 cm³/mol. The average molecular weight is 220 g/mol. The Morgan fingerprint density at radius 3 is 1.62 bits per heavy atom. The van der Waals surface area contributed by atoms with Gasteiger partial charge in [0.15, 0.2) is 0 Å². The summed E-state index contributed by atoms with van der Waals surface area (Å²) in [5.41, 5.74) is -0.597. The molecule has 0 bridgehead atoms. The molecule has 0 aromatic carbocycles. The van der Waals surface area contributed by atoms with E-state index < -0.39 is 5.41 Å². The first kappa shape index (κ1) is 15.0. The van der Waals surface area contributed by atoms with Gasteiger partial charge in [-0.2, -0.15) is 10.5 Å². The van der Waals surface area contributed by atoms with Gasteiger partial charge < -0.3 is 0 Å². The Morgan fingerprint density at radius 2 is 1.38 bits per heavy atom. The summed E-state index contributed by atoms with van der Waals surface area (Å²) in [5, 5.41) is 18.4. The molecule has 0 amide bonds. The summed E-state index contributed by atoms with van der Waals surface area (Å²) in [4.78, 5) is 0. The number of nitriles is 2. The van der Waals surface area contributed by atoms with Gasteiger partial charge in [0.25, 0.3) is 0 Å². The molecular formula is C14H24N2. The smallest absolute Gasteiger partial charge is 0.0689 e. The molecule has 0 spiro atoms. The van der Waals surface area contributed by atoms with Gasteiger partial charge >= 0.3 is 0 Å². The van der Waals surface area contributed by atoms with Gasteiger partial charge in [-0.25, -0.2) is 0 Å². The van der Waals surface area contributed by atoms with Crippen LogP contribution in [0, 0.1) is 44.8 Å². The fraction of sp³-hybridized carbons (Fsp3) is 0.857. The van der Waals surface area contributed by atoms with Crippen molar-refractivity contribution in [3.8, 4) is 12.1 Å². The lowest BCUT2D eigenvalue weighted by atomic mass is 9.62. The molecule has 0 saturated heterocycles. The van der Waals surface area contributed by atoms with Crippen molar-refractivity contribution in [2.24, 2.45) is 22.2 Å². The summed E-state index contributed by atoms with van der Waals surface area (Å²) in [7, 11) is 0. The van der Waals surface area contributed by atoms with E-state index >= 15 is 0 Å². The third-order valence-corrected chi connectivity index (χ3v) is 3.89. The highest BCUT2D eigenvalue weighted by Gasteiger charge is 2.41. The van der Waals surface area contributed by atoms with Crippen LogP contribution in [-0.4, -0.2) is 0 Å². The van der Waals surface area contributed by atoms with Crippen LogP contribution >= 0.6 is 0 Å². The van der Waals surface area contributed by atoms with Crippen molar-refractivity contribution >= 4 is 0 Å². The topological polar surface area (TPSA) is 47.6 Å². The Kier molecular flexibility index (Phi) is 4.18. The summed E-state index contributed by atoms with van der Waals surface area (Å²) in [6, 6.07) is 4.74. The third-order valence-electron chi connectivity index (χ3n) is 3.89. The molecule has 0 radical (unpaired) electrons. The van der Waals surface area contributed by atoms with E-state index in [4.69, 9.17) is 0 Å². The molecule has 0 fully saturated rings. The SMILES string of the molecule is CC(C)(C)C(C#N)CC(C)(C)C(C)(C)C#N. The second kappa shape index (κ2) is 4.46. The molecular weight excluding hydrogens is 196 g/mol. The molecule has 1 atom stereocenters. The van der Waals surface area contributed by atoms with E-state index in [1.165, 1.54) is 0 Å². The molecule has 2 nitrogen and oxygen atoms in total. The molecule has 0 N–H and O–H groups in total. The van der Waals surface area contributed by atoms with Gasteiger partial charge in [0.05, 0.1) is 23.5 Å². The Labute approximate surface area is 100 Å². The summed E-state index contributed by atoms with van der Waals surface area (Å²) in [5.74, 6) is -0.0184. The van der Waals surface area contributed by atoms with Crippen LogP contribution in [0.1, 0.15) is 54.9 Å². The molecule has 0 saturated carbocycles. The van der Waals surface area contributed by atoms with Crippen LogP contribution in [0.15, 0.2) is 0 Å². The van der Waals surface area contributed by atoms with Gasteiger partial charge in [0.1, 0.15) is 0 Å². The first-order chi connectivity index (χ1) is 6.98. The van der Waals surface area contributed by atoms with Crippen LogP contribution in [0.25, 0.3) is 0 Å². The van der Waals surface area contributed by atoms with Crippen LogP contribution in [0.5, 0.6) is 0 Å². The third kappa shape index (κ3) is 3.24. The zero-order valence-electron chi connectivity index (χ0n) is 11.7. The Morgan fingerprint density at radius 1 is 0.938 bits per heavy atom. The molecule has 1 unspecified atom stereocenters. The van der Waals surface area contributed by atoms with E-state index in [0.717, 1.165) is 6.42 Å². The molecule has 16 heavy (non-hydrogen) atoms. The van der Waals surface area contributed by atoms with Crippen molar-refractivity contribution in [2.45, 2.75) is 54.9 Å². The predicted octanol–water partition coefficient (Wildman–Crippen LogP) is 4.14. The Balaban J connectivity index is 5.00. The molecule has 0 rings (SSSR count). The maximum Gasteiger partial charge on any atom is 0.0689 e. The van der Waals surface area contributed by atoms with E-state index in [2.05, 4.69) is 46.8 Å². The van der Waals surface area contributed by atoms with Crippen LogP contribution < -0.4 is 0 Å². The molecule has 0 aromatic rings. The summed E-state index contributed by atoms with van der Waals surface area (Å²) in [6.07, 6.45) is 0.758. The molecule has 0 aliphatic rings. The fourth-order valence-corrected chi connectivity index (χ4v) is 1.46. The van der Waals surface area contributed by atoms with Gasteiger partial charge in [-0.05, 0) is 31.1 Å². The lowest BCUT2D eigenvalue weighted by Gasteiger charge is -2.40. The molecule has 0 heterocycles. The van der Waals surface area contributed by atoms with Crippen LogP contribution in [0.4, 0.5) is 0 Å². The molecule has 2 heteroatoms. The van der Waals surface area contributed by atoms with Crippen molar-refractivity contribution < 1.29 is 0 Å². The number of rotatable bonds is 3. The van der Waals surface area contributed by atoms with Crippen LogP contribution in [-0.2, 0) is 0 Å². The zero-order valence-corrected chi connectivity index (χ0v) is 11.7. The van der Waals surface area contributed by atoms with Gasteiger partial charge in [-0.3, -0.25) is 0 Å². The maximum atomic E-state index is 9.23. The van der Waals surface area contributed by atoms with Crippen molar-refractivity contribution in [1.29, 1.82) is 10.5 Å².